The molecule has 0 spiro atoms. The van der Waals surface area contributed by atoms with Gasteiger partial charge in [0.25, 0.3) is 0 Å². The number of rotatable bonds is 46. The number of aliphatic carboxylic acids is 2. The van der Waals surface area contributed by atoms with Gasteiger partial charge in [0.05, 0.1) is 73.5 Å². The molecule has 11 atom stereocenters. The lowest BCUT2D eigenvalue weighted by molar-refractivity contribution is -0.142. The Morgan fingerprint density at radius 2 is 1.18 bits per heavy atom. The molecular formula is C81H100FN9O19. The Bertz CT molecular complexity index is 4260. The number of hydrogen-bond acceptors (Lipinski definition) is 19. The van der Waals surface area contributed by atoms with Gasteiger partial charge in [0.15, 0.2) is 28.9 Å². The molecule has 0 bridgehead atoms. The summed E-state index contributed by atoms with van der Waals surface area (Å²) in [5.74, 6) is -16.7. The van der Waals surface area contributed by atoms with Gasteiger partial charge in [0.1, 0.15) is 29.7 Å². The van der Waals surface area contributed by atoms with Crippen molar-refractivity contribution in [2.75, 3.05) is 13.7 Å². The monoisotopic (exact) mass is 1520 g/mol. The lowest BCUT2D eigenvalue weighted by Crippen LogP contribution is -2.55. The van der Waals surface area contributed by atoms with Gasteiger partial charge in [-0.1, -0.05) is 125 Å². The fourth-order valence-corrected chi connectivity index (χ4v) is 12.8. The molecule has 110 heavy (non-hydrogen) atoms. The fourth-order valence-electron chi connectivity index (χ4n) is 12.8. The van der Waals surface area contributed by atoms with E-state index in [2.05, 4.69) is 36.6 Å². The van der Waals surface area contributed by atoms with E-state index in [0.717, 1.165) is 53.3 Å². The van der Waals surface area contributed by atoms with Crippen LogP contribution in [0.4, 0.5) is 4.39 Å². The standard InChI is InChI=1S/C81H100FN9O19/c1-9-50-34-57(110-8)26-27-59(50)52-24-18-48(19-25-52)32-54(76(106)88-64(75(84)105)33-49-20-22-51(23-21-49)58-16-12-10-14-45(58)2)35-66(96)63(38-72(103)104)87-77(107)55(43-92)36-67(97)73(46(3)93)91-79(109)81(7,39-53-15-11-13-17-60(53)82)41-69(99)74(47(4)94)90-70(100)30-29-65(95)62(28-31-71(101)102)89-78(108)80(5,6)40-68(98)61(83)37-56-42-85-44-86-56/h10-27,34,42,44,46-47,54-55,61-64,73-74,92-94H,9,28-33,35-41,43,83H2,1-8H3,(H2,84,105)(H,85,86)(H,87,107)(H,88,106)(H,89,108)(H,90,100)(H,91,109)(H,101,102)(H,103,104)/t46?,47?,54-,55+,61+,62+,63+,64+,73+,74+,81?/m1/s1. The molecule has 0 saturated carbocycles. The van der Waals surface area contributed by atoms with Crippen LogP contribution in [-0.2, 0) is 94.4 Å². The van der Waals surface area contributed by atoms with Crippen molar-refractivity contribution in [3.05, 3.63) is 167 Å². The highest BCUT2D eigenvalue weighted by Crippen LogP contribution is 2.33. The van der Waals surface area contributed by atoms with Crippen LogP contribution in [0.15, 0.2) is 128 Å². The lowest BCUT2D eigenvalue weighted by atomic mass is 9.76. The number of carbonyl (C=O) groups excluding carboxylic acids is 11. The van der Waals surface area contributed by atoms with Crippen LogP contribution in [0.1, 0.15) is 133 Å². The number of nitrogens with zero attached hydrogens (tertiary/aromatic N) is 1. The number of aromatic nitrogens is 2. The molecule has 0 aliphatic heterocycles. The van der Waals surface area contributed by atoms with Gasteiger partial charge in [-0.05, 0) is 115 Å². The largest absolute Gasteiger partial charge is 0.497 e. The first-order valence-corrected chi connectivity index (χ1v) is 36.2. The molecule has 6 amide bonds. The summed E-state index contributed by atoms with van der Waals surface area (Å²) in [7, 11) is 1.56. The van der Waals surface area contributed by atoms with Crippen LogP contribution < -0.4 is 42.8 Å². The number of primary amides is 1. The summed E-state index contributed by atoms with van der Waals surface area (Å²) in [6.45, 7) is 9.04. The molecule has 5 aromatic carbocycles. The minimum Gasteiger partial charge on any atom is -0.497 e. The number of benzene rings is 5. The second kappa shape index (κ2) is 41.0. The quantitative estimate of drug-likeness (QED) is 0.0244. The number of H-pyrrole nitrogens is 1. The smallest absolute Gasteiger partial charge is 0.305 e. The van der Waals surface area contributed by atoms with Crippen LogP contribution in [0.3, 0.4) is 0 Å². The van der Waals surface area contributed by atoms with Crippen molar-refractivity contribution >= 4 is 76.3 Å². The van der Waals surface area contributed by atoms with Crippen LogP contribution in [0.2, 0.25) is 0 Å². The Morgan fingerprint density at radius 3 is 1.75 bits per heavy atom. The summed E-state index contributed by atoms with van der Waals surface area (Å²) in [6, 6.07) is 23.3. The molecule has 29 heteroatoms. The van der Waals surface area contributed by atoms with Crippen molar-refractivity contribution in [1.29, 1.82) is 0 Å². The zero-order valence-electron chi connectivity index (χ0n) is 62.9. The van der Waals surface area contributed by atoms with Gasteiger partial charge in [-0.15, -0.1) is 0 Å². The summed E-state index contributed by atoms with van der Waals surface area (Å²) < 4.78 is 21.0. The number of halogens is 1. The van der Waals surface area contributed by atoms with Crippen molar-refractivity contribution in [3.63, 3.8) is 0 Å². The molecule has 0 radical (unpaired) electrons. The molecule has 1 heterocycles. The summed E-state index contributed by atoms with van der Waals surface area (Å²) in [5.41, 5.74) is 15.6. The van der Waals surface area contributed by atoms with Gasteiger partial charge < -0.3 is 73.3 Å². The maximum atomic E-state index is 15.5. The number of nitrogens with two attached hydrogens (primary N) is 2. The second-order valence-electron chi connectivity index (χ2n) is 28.8. The third-order valence-corrected chi connectivity index (χ3v) is 19.4. The maximum absolute atomic E-state index is 15.5. The first-order valence-electron chi connectivity index (χ1n) is 36.2. The van der Waals surface area contributed by atoms with Gasteiger partial charge in [-0.25, -0.2) is 9.37 Å². The van der Waals surface area contributed by atoms with E-state index in [1.165, 1.54) is 51.5 Å². The third-order valence-electron chi connectivity index (χ3n) is 19.4. The molecule has 0 fully saturated rings. The Kier molecular flexibility index (Phi) is 32.7. The number of ether oxygens (including phenoxy) is 1. The SMILES string of the molecule is CCc1cc(OC)ccc1-c1ccc(C[C@H](CC(=O)[C@H](CC(=O)O)NC(=O)[C@H](CO)CC(=O)[C@@H](NC(=O)C(C)(CC(=O)[C@@H](NC(=O)CCC(=O)[C@H](CCC(=O)O)NC(=O)C(C)(C)CC(=O)[C@@H](N)Cc2cnc[nH]2)C(C)O)Cc2ccccc2F)C(C)O)C(=O)N[C@@H](Cc2ccc(-c3ccccc3C)cc2)C(N)=O)cc1. The average molecular weight is 1520 g/mol. The Hall–Kier alpha value is -11.0. The van der Waals surface area contributed by atoms with Gasteiger partial charge in [0.2, 0.25) is 35.4 Å². The highest BCUT2D eigenvalue weighted by atomic mass is 19.1. The second-order valence-corrected chi connectivity index (χ2v) is 28.8. The highest BCUT2D eigenvalue weighted by Gasteiger charge is 2.43. The first-order chi connectivity index (χ1) is 52.0. The summed E-state index contributed by atoms with van der Waals surface area (Å²) >= 11 is 0. The number of carboxylic acids is 2. The Balaban J connectivity index is 1.17. The summed E-state index contributed by atoms with van der Waals surface area (Å²) in [6.07, 6.45) is -7.17. The molecule has 1 aromatic heterocycles. The highest BCUT2D eigenvalue weighted by molar-refractivity contribution is 6.00. The first kappa shape index (κ1) is 87.9. The van der Waals surface area contributed by atoms with E-state index < -0.39 is 218 Å². The predicted molar refractivity (Wildman–Crippen MR) is 402 cm³/mol. The number of hydrogen-bond donors (Lipinski definition) is 13. The normalized spacial score (nSPS) is 14.7. The van der Waals surface area contributed by atoms with E-state index in [4.69, 9.17) is 16.2 Å². The average Bonchev–Trinajstić information content (AvgIpc) is 0.960. The minimum atomic E-state index is -2.12. The van der Waals surface area contributed by atoms with Gasteiger partial charge in [-0.2, -0.15) is 0 Å². The Labute approximate surface area is 636 Å². The number of amides is 6. The molecule has 0 aliphatic carbocycles. The van der Waals surface area contributed by atoms with Crippen molar-refractivity contribution < 1.29 is 97.0 Å². The van der Waals surface area contributed by atoms with Crippen LogP contribution in [0.25, 0.3) is 22.3 Å². The fraction of sp³-hybridized carbons (Fsp3) is 0.432. The molecule has 3 unspecified atom stereocenters. The Morgan fingerprint density at radius 1 is 0.591 bits per heavy atom. The van der Waals surface area contributed by atoms with Crippen molar-refractivity contribution in [2.24, 2.45) is 34.1 Å². The van der Waals surface area contributed by atoms with Gasteiger partial charge in [0, 0.05) is 75.6 Å². The molecular weight excluding hydrogens is 1420 g/mol. The van der Waals surface area contributed by atoms with E-state index in [9.17, 15) is 87.9 Å². The number of ketones is 5. The van der Waals surface area contributed by atoms with Crippen molar-refractivity contribution in [3.8, 4) is 28.0 Å². The molecule has 0 saturated heterocycles. The van der Waals surface area contributed by atoms with E-state index in [1.54, 1.807) is 31.4 Å². The maximum Gasteiger partial charge on any atom is 0.305 e. The van der Waals surface area contributed by atoms with E-state index in [1.807, 2.05) is 80.6 Å². The summed E-state index contributed by atoms with van der Waals surface area (Å²) in [5, 5.41) is 64.7. The number of methoxy groups -OCH3 is 1. The molecule has 15 N–H and O–H groups in total. The van der Waals surface area contributed by atoms with Crippen molar-refractivity contribution in [1.82, 2.24) is 36.6 Å². The minimum absolute atomic E-state index is 0.0642. The lowest BCUT2D eigenvalue weighted by Gasteiger charge is -2.33. The molecule has 28 nitrogen and oxygen atoms in total. The molecule has 6 aromatic rings. The number of imidazole rings is 1. The third kappa shape index (κ3) is 25.8. The van der Waals surface area contributed by atoms with Crippen molar-refractivity contribution in [2.45, 2.75) is 187 Å². The zero-order chi connectivity index (χ0) is 81.3. The van der Waals surface area contributed by atoms with Crippen LogP contribution in [0.5, 0.6) is 5.75 Å². The van der Waals surface area contributed by atoms with Gasteiger partial charge >= 0.3 is 11.9 Å². The topological polar surface area (TPSA) is 473 Å². The number of carboxylic acid groups (broad SMARTS) is 2. The van der Waals surface area contributed by atoms with E-state index >= 15 is 4.39 Å². The van der Waals surface area contributed by atoms with E-state index in [-0.39, 0.29) is 31.2 Å². The number of aryl methyl sites for hydroxylation is 2. The van der Waals surface area contributed by atoms with E-state index in [0.29, 0.717) is 29.0 Å². The number of carbonyl (C=O) groups is 13. The number of aliphatic hydroxyl groups is 3. The molecule has 590 valence electrons. The van der Waals surface area contributed by atoms with Gasteiger partial charge in [-0.3, -0.25) is 62.3 Å². The molecule has 6 rings (SSSR count). The number of Topliss-reactive ketones (excluding diaryl/α,β-unsaturated/α-hetero) is 5. The number of aliphatic hydroxyl groups excluding tert-OH is 3. The summed E-state index contributed by atoms with van der Waals surface area (Å²) in [4.78, 5) is 185. The van der Waals surface area contributed by atoms with Crippen LogP contribution >= 0.6 is 0 Å². The zero-order valence-corrected chi connectivity index (χ0v) is 62.9. The number of nitrogens with one attached hydrogen (secondary N) is 6. The van der Waals surface area contributed by atoms with Crippen LogP contribution in [0, 0.1) is 35.4 Å². The van der Waals surface area contributed by atoms with Crippen LogP contribution in [-0.4, -0.2) is 174 Å². The number of aromatic amines is 1. The predicted octanol–water partition coefficient (Wildman–Crippen LogP) is 4.81. The molecule has 0 aliphatic rings.